The maximum atomic E-state index is 11.2. The van der Waals surface area contributed by atoms with Crippen molar-refractivity contribution in [3.05, 3.63) is 46.2 Å². The summed E-state index contributed by atoms with van der Waals surface area (Å²) in [5.74, 6) is -1.11. The molecule has 2 aromatic rings. The zero-order valence-electron chi connectivity index (χ0n) is 10.6. The van der Waals surface area contributed by atoms with Crippen LogP contribution >= 0.6 is 11.6 Å². The van der Waals surface area contributed by atoms with Gasteiger partial charge in [-0.25, -0.2) is 9.48 Å². The monoisotopic (exact) mass is 280 g/mol. The van der Waals surface area contributed by atoms with Gasteiger partial charge in [-0.1, -0.05) is 23.7 Å². The van der Waals surface area contributed by atoms with E-state index in [4.69, 9.17) is 16.3 Å². The van der Waals surface area contributed by atoms with Gasteiger partial charge >= 0.3 is 5.97 Å². The maximum absolute atomic E-state index is 11.2. The number of aromatic nitrogens is 2. The van der Waals surface area contributed by atoms with Crippen LogP contribution in [0.2, 0.25) is 5.15 Å². The van der Waals surface area contributed by atoms with E-state index in [2.05, 4.69) is 5.10 Å². The molecule has 0 spiro atoms. The Morgan fingerprint density at radius 2 is 2.26 bits per heavy atom. The van der Waals surface area contributed by atoms with Gasteiger partial charge in [0.15, 0.2) is 0 Å². The van der Waals surface area contributed by atoms with E-state index >= 15 is 0 Å². The summed E-state index contributed by atoms with van der Waals surface area (Å²) in [5, 5.41) is 13.5. The minimum Gasteiger partial charge on any atom is -0.478 e. The molecule has 6 heteroatoms. The first-order valence-electron chi connectivity index (χ1n) is 5.61. The molecular formula is C13H13ClN2O3. The SMILES string of the molecule is COCc1nn(-c2cccc(C)c2)c(Cl)c1C(=O)O. The second kappa shape index (κ2) is 5.42. The van der Waals surface area contributed by atoms with Crippen LogP contribution in [-0.4, -0.2) is 28.0 Å². The van der Waals surface area contributed by atoms with Crippen LogP contribution in [0.25, 0.3) is 5.69 Å². The number of hydrogen-bond donors (Lipinski definition) is 1. The van der Waals surface area contributed by atoms with Gasteiger partial charge in [0, 0.05) is 7.11 Å². The summed E-state index contributed by atoms with van der Waals surface area (Å²) in [6.07, 6.45) is 0. The molecule has 0 saturated carbocycles. The summed E-state index contributed by atoms with van der Waals surface area (Å²) < 4.78 is 6.36. The molecule has 0 aliphatic heterocycles. The average Bonchev–Trinajstić information content (AvgIpc) is 2.67. The van der Waals surface area contributed by atoms with E-state index < -0.39 is 5.97 Å². The highest BCUT2D eigenvalue weighted by Crippen LogP contribution is 2.24. The number of nitrogens with zero attached hydrogens (tertiary/aromatic N) is 2. The fourth-order valence-electron chi connectivity index (χ4n) is 1.82. The van der Waals surface area contributed by atoms with E-state index in [1.54, 1.807) is 0 Å². The summed E-state index contributed by atoms with van der Waals surface area (Å²) in [6.45, 7) is 2.04. The van der Waals surface area contributed by atoms with Crippen LogP contribution in [0.3, 0.4) is 0 Å². The predicted octanol–water partition coefficient (Wildman–Crippen LogP) is 2.68. The van der Waals surface area contributed by atoms with Crippen molar-refractivity contribution in [1.29, 1.82) is 0 Å². The fraction of sp³-hybridized carbons (Fsp3) is 0.231. The van der Waals surface area contributed by atoms with Gasteiger partial charge < -0.3 is 9.84 Å². The van der Waals surface area contributed by atoms with Crippen LogP contribution in [0.15, 0.2) is 24.3 Å². The second-order valence-electron chi connectivity index (χ2n) is 4.10. The van der Waals surface area contributed by atoms with Crippen molar-refractivity contribution >= 4 is 17.6 Å². The molecule has 100 valence electrons. The van der Waals surface area contributed by atoms with Crippen LogP contribution in [-0.2, 0) is 11.3 Å². The number of hydrogen-bond acceptors (Lipinski definition) is 3. The van der Waals surface area contributed by atoms with E-state index in [0.717, 1.165) is 11.3 Å². The zero-order valence-corrected chi connectivity index (χ0v) is 11.3. The van der Waals surface area contributed by atoms with E-state index in [1.807, 2.05) is 31.2 Å². The van der Waals surface area contributed by atoms with Crippen molar-refractivity contribution in [3.63, 3.8) is 0 Å². The molecule has 0 unspecified atom stereocenters. The Labute approximate surface area is 115 Å². The highest BCUT2D eigenvalue weighted by molar-refractivity contribution is 6.32. The van der Waals surface area contributed by atoms with Crippen LogP contribution in [0.4, 0.5) is 0 Å². The lowest BCUT2D eigenvalue weighted by Crippen LogP contribution is -2.01. The average molecular weight is 281 g/mol. The summed E-state index contributed by atoms with van der Waals surface area (Å²) in [6, 6.07) is 7.49. The van der Waals surface area contributed by atoms with Crippen LogP contribution in [0, 0.1) is 6.92 Å². The summed E-state index contributed by atoms with van der Waals surface area (Å²) >= 11 is 6.11. The number of halogens is 1. The van der Waals surface area contributed by atoms with Crippen LogP contribution in [0.1, 0.15) is 21.6 Å². The quantitative estimate of drug-likeness (QED) is 0.935. The minimum absolute atomic E-state index is 0.0231. The number of aromatic carboxylic acids is 1. The van der Waals surface area contributed by atoms with E-state index in [9.17, 15) is 9.90 Å². The first kappa shape index (κ1) is 13.6. The molecule has 0 saturated heterocycles. The van der Waals surface area contributed by atoms with Gasteiger partial charge in [-0.15, -0.1) is 0 Å². The van der Waals surface area contributed by atoms with Gasteiger partial charge in [0.1, 0.15) is 16.4 Å². The summed E-state index contributed by atoms with van der Waals surface area (Å²) in [5.41, 5.74) is 2.04. The number of aryl methyl sites for hydroxylation is 1. The van der Waals surface area contributed by atoms with Gasteiger partial charge in [-0.2, -0.15) is 5.10 Å². The van der Waals surface area contributed by atoms with Crippen molar-refractivity contribution < 1.29 is 14.6 Å². The first-order valence-corrected chi connectivity index (χ1v) is 5.99. The Bertz CT molecular complexity index is 622. The fourth-order valence-corrected chi connectivity index (χ4v) is 2.15. The van der Waals surface area contributed by atoms with Gasteiger partial charge in [-0.05, 0) is 24.6 Å². The molecule has 0 fully saturated rings. The Balaban J connectivity index is 2.59. The normalized spacial score (nSPS) is 10.7. The van der Waals surface area contributed by atoms with Crippen molar-refractivity contribution in [2.75, 3.05) is 7.11 Å². The smallest absolute Gasteiger partial charge is 0.340 e. The molecule has 0 radical (unpaired) electrons. The molecule has 0 aliphatic rings. The molecule has 0 aliphatic carbocycles. The van der Waals surface area contributed by atoms with Gasteiger partial charge in [0.25, 0.3) is 0 Å². The number of carboxylic acids is 1. The van der Waals surface area contributed by atoms with E-state index in [-0.39, 0.29) is 17.3 Å². The molecule has 2 rings (SSSR count). The molecule has 1 heterocycles. The largest absolute Gasteiger partial charge is 0.478 e. The molecule has 0 bridgehead atoms. The second-order valence-corrected chi connectivity index (χ2v) is 4.46. The number of methoxy groups -OCH3 is 1. The Hall–Kier alpha value is -1.85. The highest BCUT2D eigenvalue weighted by atomic mass is 35.5. The first-order chi connectivity index (χ1) is 9.04. The Morgan fingerprint density at radius 3 is 2.84 bits per heavy atom. The highest BCUT2D eigenvalue weighted by Gasteiger charge is 2.22. The van der Waals surface area contributed by atoms with Gasteiger partial charge in [0.2, 0.25) is 0 Å². The molecule has 1 aromatic heterocycles. The predicted molar refractivity (Wildman–Crippen MR) is 71.0 cm³/mol. The van der Waals surface area contributed by atoms with Crippen molar-refractivity contribution in [2.24, 2.45) is 0 Å². The van der Waals surface area contributed by atoms with E-state index in [0.29, 0.717) is 5.69 Å². The lowest BCUT2D eigenvalue weighted by Gasteiger charge is -2.03. The Morgan fingerprint density at radius 1 is 1.53 bits per heavy atom. The molecule has 0 amide bonds. The number of ether oxygens (including phenoxy) is 1. The Kier molecular flexibility index (Phi) is 3.87. The molecule has 1 aromatic carbocycles. The lowest BCUT2D eigenvalue weighted by atomic mass is 10.2. The summed E-state index contributed by atoms with van der Waals surface area (Å²) in [7, 11) is 1.48. The zero-order chi connectivity index (χ0) is 14.0. The molecule has 0 atom stereocenters. The van der Waals surface area contributed by atoms with Gasteiger partial charge in [0.05, 0.1) is 12.3 Å². The standard InChI is InChI=1S/C13H13ClN2O3/c1-8-4-3-5-9(6-8)16-12(14)11(13(17)18)10(15-16)7-19-2/h3-6H,7H2,1-2H3,(H,17,18). The lowest BCUT2D eigenvalue weighted by molar-refractivity contribution is 0.0692. The number of rotatable bonds is 4. The molecule has 5 nitrogen and oxygen atoms in total. The minimum atomic E-state index is -1.11. The molecule has 19 heavy (non-hydrogen) atoms. The van der Waals surface area contributed by atoms with Crippen LogP contribution < -0.4 is 0 Å². The third-order valence-corrected chi connectivity index (χ3v) is 2.99. The van der Waals surface area contributed by atoms with Crippen molar-refractivity contribution in [1.82, 2.24) is 9.78 Å². The topological polar surface area (TPSA) is 64.4 Å². The maximum Gasteiger partial charge on any atom is 0.340 e. The van der Waals surface area contributed by atoms with Crippen molar-refractivity contribution in [3.8, 4) is 5.69 Å². The number of benzene rings is 1. The molecule has 1 N–H and O–H groups in total. The third kappa shape index (κ3) is 2.62. The number of carboxylic acid groups (broad SMARTS) is 1. The van der Waals surface area contributed by atoms with Gasteiger partial charge in [-0.3, -0.25) is 0 Å². The van der Waals surface area contributed by atoms with Crippen LogP contribution in [0.5, 0.6) is 0 Å². The van der Waals surface area contributed by atoms with E-state index in [1.165, 1.54) is 11.8 Å². The molecular weight excluding hydrogens is 268 g/mol. The van der Waals surface area contributed by atoms with Crippen molar-refractivity contribution in [2.45, 2.75) is 13.5 Å². The number of carbonyl (C=O) groups is 1. The summed E-state index contributed by atoms with van der Waals surface area (Å²) in [4.78, 5) is 11.2. The third-order valence-electron chi connectivity index (χ3n) is 2.64.